The Morgan fingerprint density at radius 2 is 1.12 bits per heavy atom. The van der Waals surface area contributed by atoms with Crippen LogP contribution < -0.4 is 20.3 Å². The normalized spacial score (nSPS) is 10.9. The number of carbonyl (C=O) groups excluding carboxylic acids is 2. The highest BCUT2D eigenvalue weighted by molar-refractivity contribution is 5.85. The quantitative estimate of drug-likeness (QED) is 0.283. The van der Waals surface area contributed by atoms with E-state index in [1.54, 1.807) is 26.6 Å². The van der Waals surface area contributed by atoms with Crippen LogP contribution in [-0.4, -0.2) is 38.5 Å². The number of para-hydroxylation sites is 2. The maximum Gasteiger partial charge on any atom is 0.240 e. The highest BCUT2D eigenvalue weighted by atomic mass is 16.5. The first-order valence-electron chi connectivity index (χ1n) is 10.5. The molecule has 0 fully saturated rings. The van der Waals surface area contributed by atoms with Crippen LogP contribution in [0, 0.1) is 0 Å². The van der Waals surface area contributed by atoms with E-state index in [0.29, 0.717) is 24.3 Å². The van der Waals surface area contributed by atoms with Crippen molar-refractivity contribution in [1.82, 2.24) is 10.9 Å². The van der Waals surface area contributed by atoms with Crippen molar-refractivity contribution in [2.75, 3.05) is 14.2 Å². The number of ether oxygens (including phenoxy) is 2. The summed E-state index contributed by atoms with van der Waals surface area (Å²) < 4.78 is 10.5. The molecule has 0 unspecified atom stereocenters. The van der Waals surface area contributed by atoms with Crippen LogP contribution in [0.3, 0.4) is 0 Å². The summed E-state index contributed by atoms with van der Waals surface area (Å²) in [6.45, 7) is 0. The molecule has 0 radical (unpaired) electrons. The summed E-state index contributed by atoms with van der Waals surface area (Å²) in [4.78, 5) is 23.7. The lowest BCUT2D eigenvalue weighted by Gasteiger charge is -2.04. The van der Waals surface area contributed by atoms with Gasteiger partial charge in [-0.15, -0.1) is 0 Å². The van der Waals surface area contributed by atoms with Crippen LogP contribution in [0.5, 0.6) is 11.5 Å². The number of unbranched alkanes of at least 4 members (excludes halogenated alkanes) is 3. The maximum atomic E-state index is 11.9. The van der Waals surface area contributed by atoms with Gasteiger partial charge in [0.05, 0.1) is 26.6 Å². The average molecular weight is 439 g/mol. The van der Waals surface area contributed by atoms with Crippen molar-refractivity contribution >= 4 is 24.2 Å². The van der Waals surface area contributed by atoms with Crippen LogP contribution in [0.15, 0.2) is 58.7 Å². The number of benzene rings is 2. The highest BCUT2D eigenvalue weighted by Gasteiger charge is 2.03. The van der Waals surface area contributed by atoms with Gasteiger partial charge < -0.3 is 9.47 Å². The summed E-state index contributed by atoms with van der Waals surface area (Å²) in [7, 11) is 3.18. The Morgan fingerprint density at radius 3 is 1.53 bits per heavy atom. The lowest BCUT2D eigenvalue weighted by atomic mass is 10.1. The Kier molecular flexibility index (Phi) is 11.0. The molecule has 0 atom stereocenters. The summed E-state index contributed by atoms with van der Waals surface area (Å²) in [5.41, 5.74) is 6.63. The Morgan fingerprint density at radius 1 is 0.719 bits per heavy atom. The lowest BCUT2D eigenvalue weighted by Crippen LogP contribution is -2.17. The molecule has 0 bridgehead atoms. The predicted octanol–water partition coefficient (Wildman–Crippen LogP) is 3.64. The van der Waals surface area contributed by atoms with Gasteiger partial charge in [-0.05, 0) is 37.1 Å². The van der Waals surface area contributed by atoms with E-state index in [4.69, 9.17) is 9.47 Å². The van der Waals surface area contributed by atoms with Gasteiger partial charge in [0.15, 0.2) is 0 Å². The van der Waals surface area contributed by atoms with E-state index in [9.17, 15) is 9.59 Å². The third-order valence-electron chi connectivity index (χ3n) is 4.62. The standard InChI is InChI=1S/C24H30N4O4/c1-31-21-13-9-7-11-19(21)17-25-27-23(29)15-5-3-4-6-16-24(30)28-26-18-20-12-8-10-14-22(20)32-2/h7-14,17-18H,3-6,15-16H2,1-2H3,(H,27,29)(H,28,30)/b25-17+,26-18+. The van der Waals surface area contributed by atoms with Crippen LogP contribution in [0.2, 0.25) is 0 Å². The molecule has 170 valence electrons. The molecule has 0 saturated carbocycles. The van der Waals surface area contributed by atoms with Crippen molar-refractivity contribution in [3.05, 3.63) is 59.7 Å². The van der Waals surface area contributed by atoms with Gasteiger partial charge >= 0.3 is 0 Å². The fraction of sp³-hybridized carbons (Fsp3) is 0.333. The summed E-state index contributed by atoms with van der Waals surface area (Å²) in [5, 5.41) is 7.94. The number of hydrogen-bond donors (Lipinski definition) is 2. The number of nitrogens with zero attached hydrogens (tertiary/aromatic N) is 2. The van der Waals surface area contributed by atoms with Gasteiger partial charge in [-0.25, -0.2) is 10.9 Å². The van der Waals surface area contributed by atoms with Crippen molar-refractivity contribution < 1.29 is 19.1 Å². The molecule has 0 aliphatic heterocycles. The Balaban J connectivity index is 1.55. The molecule has 8 nitrogen and oxygen atoms in total. The number of rotatable bonds is 13. The van der Waals surface area contributed by atoms with Crippen LogP contribution in [0.1, 0.15) is 49.7 Å². The number of nitrogens with one attached hydrogen (secondary N) is 2. The van der Waals surface area contributed by atoms with E-state index < -0.39 is 0 Å². The van der Waals surface area contributed by atoms with Crippen molar-refractivity contribution in [2.24, 2.45) is 10.2 Å². The third kappa shape index (κ3) is 8.99. The van der Waals surface area contributed by atoms with Crippen LogP contribution in [-0.2, 0) is 9.59 Å². The first kappa shape index (κ1) is 24.6. The minimum absolute atomic E-state index is 0.139. The third-order valence-corrected chi connectivity index (χ3v) is 4.62. The second-order valence-electron chi connectivity index (χ2n) is 6.98. The van der Waals surface area contributed by atoms with E-state index in [1.807, 2.05) is 48.5 Å². The van der Waals surface area contributed by atoms with Crippen LogP contribution in [0.25, 0.3) is 0 Å². The summed E-state index contributed by atoms with van der Waals surface area (Å²) >= 11 is 0. The lowest BCUT2D eigenvalue weighted by molar-refractivity contribution is -0.122. The van der Waals surface area contributed by atoms with Crippen molar-refractivity contribution in [2.45, 2.75) is 38.5 Å². The molecule has 2 aromatic carbocycles. The topological polar surface area (TPSA) is 101 Å². The van der Waals surface area contributed by atoms with Crippen molar-refractivity contribution in [1.29, 1.82) is 0 Å². The van der Waals surface area contributed by atoms with Gasteiger partial charge in [0, 0.05) is 24.0 Å². The zero-order chi connectivity index (χ0) is 23.0. The second kappa shape index (κ2) is 14.3. The molecule has 2 N–H and O–H groups in total. The Hall–Kier alpha value is -3.68. The summed E-state index contributed by atoms with van der Waals surface area (Å²) in [6.07, 6.45) is 7.10. The van der Waals surface area contributed by atoms with Gasteiger partial charge in [-0.3, -0.25) is 9.59 Å². The smallest absolute Gasteiger partial charge is 0.240 e. The van der Waals surface area contributed by atoms with Gasteiger partial charge in [0.1, 0.15) is 11.5 Å². The molecule has 32 heavy (non-hydrogen) atoms. The predicted molar refractivity (Wildman–Crippen MR) is 125 cm³/mol. The van der Waals surface area contributed by atoms with Gasteiger partial charge in [-0.1, -0.05) is 37.1 Å². The first-order chi connectivity index (χ1) is 15.6. The molecular weight excluding hydrogens is 408 g/mol. The van der Waals surface area contributed by atoms with E-state index >= 15 is 0 Å². The van der Waals surface area contributed by atoms with E-state index in [1.165, 1.54) is 0 Å². The van der Waals surface area contributed by atoms with Gasteiger partial charge in [0.25, 0.3) is 0 Å². The summed E-state index contributed by atoms with van der Waals surface area (Å²) in [6, 6.07) is 14.9. The second-order valence-corrected chi connectivity index (χ2v) is 6.98. The van der Waals surface area contributed by atoms with Crippen molar-refractivity contribution in [3.63, 3.8) is 0 Å². The molecule has 0 aliphatic rings. The number of amides is 2. The molecule has 2 rings (SSSR count). The molecule has 8 heteroatoms. The zero-order valence-corrected chi connectivity index (χ0v) is 18.5. The number of hydrazone groups is 2. The van der Waals surface area contributed by atoms with Gasteiger partial charge in [0.2, 0.25) is 11.8 Å². The molecular formula is C24H30N4O4. The zero-order valence-electron chi connectivity index (χ0n) is 18.5. The SMILES string of the molecule is COc1ccccc1/C=N/NC(=O)CCCCCCC(=O)N/N=C/c1ccccc1OC. The fourth-order valence-electron chi connectivity index (χ4n) is 2.93. The van der Waals surface area contributed by atoms with Crippen molar-refractivity contribution in [3.8, 4) is 11.5 Å². The number of hydrogen-bond acceptors (Lipinski definition) is 6. The number of methoxy groups -OCH3 is 2. The van der Waals surface area contributed by atoms with E-state index in [0.717, 1.165) is 36.8 Å². The molecule has 0 spiro atoms. The molecule has 2 amide bonds. The van der Waals surface area contributed by atoms with Crippen LogP contribution in [0.4, 0.5) is 0 Å². The van der Waals surface area contributed by atoms with Gasteiger partial charge in [-0.2, -0.15) is 10.2 Å². The van der Waals surface area contributed by atoms with E-state index in [-0.39, 0.29) is 11.8 Å². The molecule has 0 aromatic heterocycles. The minimum atomic E-state index is -0.139. The largest absolute Gasteiger partial charge is 0.496 e. The highest BCUT2D eigenvalue weighted by Crippen LogP contribution is 2.15. The van der Waals surface area contributed by atoms with E-state index in [2.05, 4.69) is 21.1 Å². The first-order valence-corrected chi connectivity index (χ1v) is 10.5. The molecule has 0 aliphatic carbocycles. The maximum absolute atomic E-state index is 11.9. The molecule has 0 heterocycles. The average Bonchev–Trinajstić information content (AvgIpc) is 2.82. The summed E-state index contributed by atoms with van der Waals surface area (Å²) in [5.74, 6) is 1.11. The molecule has 0 saturated heterocycles. The van der Waals surface area contributed by atoms with Crippen LogP contribution >= 0.6 is 0 Å². The number of carbonyl (C=O) groups is 2. The minimum Gasteiger partial charge on any atom is -0.496 e. The Bertz CT molecular complexity index is 852. The Labute approximate surface area is 188 Å². The molecule has 2 aromatic rings. The fourth-order valence-corrected chi connectivity index (χ4v) is 2.93. The monoisotopic (exact) mass is 438 g/mol.